The molecule has 0 atom stereocenters. The number of halogens is 6. The zero-order valence-electron chi connectivity index (χ0n) is 11.4. The van der Waals surface area contributed by atoms with Crippen LogP contribution >= 0.6 is 0 Å². The average molecular weight is 332 g/mol. The fraction of sp³-hybridized carbons (Fsp3) is 0.133. The van der Waals surface area contributed by atoms with E-state index >= 15 is 0 Å². The number of nitrogens with zero attached hydrogens (tertiary/aromatic N) is 1. The lowest BCUT2D eigenvalue weighted by atomic mass is 10.00. The van der Waals surface area contributed by atoms with Gasteiger partial charge in [-0.3, -0.25) is 0 Å². The lowest BCUT2D eigenvalue weighted by Crippen LogP contribution is -2.10. The number of hydrogen-bond acceptors (Lipinski definition) is 2. The summed E-state index contributed by atoms with van der Waals surface area (Å²) in [5.41, 5.74) is -1.07. The van der Waals surface area contributed by atoms with Gasteiger partial charge >= 0.3 is 12.4 Å². The van der Waals surface area contributed by atoms with E-state index in [1.165, 1.54) is 0 Å². The quantitative estimate of drug-likeness (QED) is 0.376. The predicted molar refractivity (Wildman–Crippen MR) is 72.7 cm³/mol. The minimum atomic E-state index is -4.48. The van der Waals surface area contributed by atoms with Gasteiger partial charge in [-0.05, 0) is 24.3 Å². The third kappa shape index (κ3) is 3.82. The van der Waals surface area contributed by atoms with Crippen molar-refractivity contribution in [3.63, 3.8) is 0 Å². The molecule has 2 rings (SSSR count). The van der Waals surface area contributed by atoms with Crippen LogP contribution in [0.4, 0.5) is 26.3 Å². The van der Waals surface area contributed by atoms with Gasteiger partial charge in [-0.2, -0.15) is 31.4 Å². The normalized spacial score (nSPS) is 12.1. The second kappa shape index (κ2) is 5.94. The average Bonchev–Trinajstić information content (AvgIpc) is 2.47. The first kappa shape index (κ1) is 16.9. The second-order valence-electron chi connectivity index (χ2n) is 4.63. The van der Waals surface area contributed by atoms with Gasteiger partial charge in [0.15, 0.2) is 0 Å². The Morgan fingerprint density at radius 3 is 1.17 bits per heavy atom. The molecule has 0 aromatic heterocycles. The van der Waals surface area contributed by atoms with E-state index in [1.54, 1.807) is 0 Å². The van der Waals surface area contributed by atoms with Gasteiger partial charge in [0.1, 0.15) is 0 Å². The van der Waals surface area contributed by atoms with Crippen LogP contribution in [0.3, 0.4) is 0 Å². The summed E-state index contributed by atoms with van der Waals surface area (Å²) in [6.07, 6.45) is -8.96. The minimum absolute atomic E-state index is 0.0902. The minimum Gasteiger partial charge on any atom is -0.323 e. The van der Waals surface area contributed by atoms with E-state index in [0.717, 1.165) is 48.5 Å². The number of hydrazone groups is 1. The molecule has 0 saturated carbocycles. The zero-order valence-corrected chi connectivity index (χ0v) is 11.4. The molecule has 2 N–H and O–H groups in total. The summed E-state index contributed by atoms with van der Waals surface area (Å²) in [7, 11) is 0. The first-order chi connectivity index (χ1) is 10.6. The van der Waals surface area contributed by atoms with Gasteiger partial charge < -0.3 is 5.84 Å². The molecule has 2 aromatic rings. The van der Waals surface area contributed by atoms with E-state index in [-0.39, 0.29) is 16.8 Å². The molecule has 0 radical (unpaired) electrons. The molecule has 2 aromatic carbocycles. The Kier molecular flexibility index (Phi) is 4.35. The van der Waals surface area contributed by atoms with Crippen molar-refractivity contribution in [3.8, 4) is 0 Å². The molecule has 0 aliphatic rings. The maximum absolute atomic E-state index is 12.5. The summed E-state index contributed by atoms with van der Waals surface area (Å²) in [4.78, 5) is 0. The largest absolute Gasteiger partial charge is 0.416 e. The molecular formula is C15H10F6N2. The zero-order chi connectivity index (χ0) is 17.3. The molecule has 0 unspecified atom stereocenters. The van der Waals surface area contributed by atoms with Crippen LogP contribution in [0, 0.1) is 0 Å². The van der Waals surface area contributed by atoms with E-state index in [2.05, 4.69) is 5.10 Å². The van der Waals surface area contributed by atoms with Crippen LogP contribution in [0.5, 0.6) is 0 Å². The van der Waals surface area contributed by atoms with Crippen molar-refractivity contribution >= 4 is 5.71 Å². The molecule has 0 amide bonds. The molecule has 0 aliphatic heterocycles. The highest BCUT2D eigenvalue weighted by molar-refractivity contribution is 6.12. The smallest absolute Gasteiger partial charge is 0.323 e. The molecular weight excluding hydrogens is 322 g/mol. The maximum atomic E-state index is 12.5. The standard InChI is InChI=1S/C15H10F6N2/c16-14(17,18)11-5-1-9(2-6-11)13(23-22)10-3-7-12(8-4-10)15(19,20)21/h1-8H,22H2. The van der Waals surface area contributed by atoms with E-state index in [4.69, 9.17) is 5.84 Å². The summed E-state index contributed by atoms with van der Waals surface area (Å²) < 4.78 is 75.1. The van der Waals surface area contributed by atoms with Crippen molar-refractivity contribution in [2.24, 2.45) is 10.9 Å². The Balaban J connectivity index is 2.34. The Morgan fingerprint density at radius 2 is 0.957 bits per heavy atom. The van der Waals surface area contributed by atoms with E-state index in [1.807, 2.05) is 0 Å². The highest BCUT2D eigenvalue weighted by atomic mass is 19.4. The Bertz CT molecular complexity index is 637. The SMILES string of the molecule is NN=C(c1ccc(C(F)(F)F)cc1)c1ccc(C(F)(F)F)cc1. The second-order valence-corrected chi connectivity index (χ2v) is 4.63. The van der Waals surface area contributed by atoms with Crippen LogP contribution in [0.1, 0.15) is 22.3 Å². The van der Waals surface area contributed by atoms with Gasteiger partial charge in [0, 0.05) is 11.1 Å². The van der Waals surface area contributed by atoms with Crippen LogP contribution in [0.2, 0.25) is 0 Å². The van der Waals surface area contributed by atoms with Crippen LogP contribution < -0.4 is 5.84 Å². The van der Waals surface area contributed by atoms with Gasteiger partial charge in [-0.15, -0.1) is 0 Å². The molecule has 0 aliphatic carbocycles. The van der Waals surface area contributed by atoms with Crippen LogP contribution in [0.25, 0.3) is 0 Å². The number of rotatable bonds is 2. The highest BCUT2D eigenvalue weighted by Crippen LogP contribution is 2.31. The lowest BCUT2D eigenvalue weighted by molar-refractivity contribution is -0.138. The van der Waals surface area contributed by atoms with Gasteiger partial charge in [-0.25, -0.2) is 0 Å². The molecule has 0 spiro atoms. The molecule has 122 valence electrons. The maximum Gasteiger partial charge on any atom is 0.416 e. The third-order valence-electron chi connectivity index (χ3n) is 3.10. The molecule has 23 heavy (non-hydrogen) atoms. The Hall–Kier alpha value is -2.51. The first-order valence-corrected chi connectivity index (χ1v) is 6.26. The fourth-order valence-electron chi connectivity index (χ4n) is 1.95. The summed E-state index contributed by atoms with van der Waals surface area (Å²) in [5, 5.41) is 3.47. The number of nitrogens with two attached hydrogens (primary N) is 1. The van der Waals surface area contributed by atoms with Gasteiger partial charge in [0.05, 0.1) is 16.8 Å². The van der Waals surface area contributed by atoms with Gasteiger partial charge in [0.2, 0.25) is 0 Å². The monoisotopic (exact) mass is 332 g/mol. The van der Waals surface area contributed by atoms with Crippen molar-refractivity contribution < 1.29 is 26.3 Å². The van der Waals surface area contributed by atoms with E-state index < -0.39 is 23.5 Å². The van der Waals surface area contributed by atoms with Crippen LogP contribution in [-0.2, 0) is 12.4 Å². The molecule has 0 saturated heterocycles. The van der Waals surface area contributed by atoms with Crippen molar-refractivity contribution in [1.29, 1.82) is 0 Å². The summed E-state index contributed by atoms with van der Waals surface area (Å²) >= 11 is 0. The molecule has 0 fully saturated rings. The van der Waals surface area contributed by atoms with E-state index in [0.29, 0.717) is 0 Å². The summed E-state index contributed by atoms with van der Waals surface area (Å²) in [6.45, 7) is 0. The molecule has 8 heteroatoms. The van der Waals surface area contributed by atoms with Crippen molar-refractivity contribution in [1.82, 2.24) is 0 Å². The lowest BCUT2D eigenvalue weighted by Gasteiger charge is -2.11. The highest BCUT2D eigenvalue weighted by Gasteiger charge is 2.31. The van der Waals surface area contributed by atoms with Crippen molar-refractivity contribution in [2.75, 3.05) is 0 Å². The molecule has 0 bridgehead atoms. The number of alkyl halides is 6. The Labute approximate surface area is 127 Å². The Morgan fingerprint density at radius 1 is 0.652 bits per heavy atom. The molecule has 2 nitrogen and oxygen atoms in total. The summed E-state index contributed by atoms with van der Waals surface area (Å²) in [5.74, 6) is 5.23. The van der Waals surface area contributed by atoms with Crippen molar-refractivity contribution in [3.05, 3.63) is 70.8 Å². The number of hydrogen-bond donors (Lipinski definition) is 1. The van der Waals surface area contributed by atoms with Crippen LogP contribution in [0.15, 0.2) is 53.6 Å². The number of benzene rings is 2. The summed E-state index contributed by atoms with van der Waals surface area (Å²) in [6, 6.07) is 8.04. The topological polar surface area (TPSA) is 38.4 Å². The van der Waals surface area contributed by atoms with Crippen molar-refractivity contribution in [2.45, 2.75) is 12.4 Å². The van der Waals surface area contributed by atoms with Crippen LogP contribution in [-0.4, -0.2) is 5.71 Å². The van der Waals surface area contributed by atoms with Gasteiger partial charge in [0.25, 0.3) is 0 Å². The fourth-order valence-corrected chi connectivity index (χ4v) is 1.95. The van der Waals surface area contributed by atoms with Gasteiger partial charge in [-0.1, -0.05) is 24.3 Å². The van der Waals surface area contributed by atoms with E-state index in [9.17, 15) is 26.3 Å². The third-order valence-corrected chi connectivity index (χ3v) is 3.10. The first-order valence-electron chi connectivity index (χ1n) is 6.26. The predicted octanol–water partition coefficient (Wildman–Crippen LogP) is 4.44. The molecule has 0 heterocycles.